The molecule has 0 spiro atoms. The van der Waals surface area contributed by atoms with Crippen LogP contribution in [0.25, 0.3) is 0 Å². The summed E-state index contributed by atoms with van der Waals surface area (Å²) < 4.78 is 17.9. The lowest BCUT2D eigenvalue weighted by molar-refractivity contribution is -0.384. The molecule has 0 saturated carbocycles. The first kappa shape index (κ1) is 17.1. The van der Waals surface area contributed by atoms with E-state index in [2.05, 4.69) is 10.5 Å². The number of carbonyl (C=O) groups excluding carboxylic acids is 1. The molecule has 0 atom stereocenters. The number of nitrogens with zero attached hydrogens (tertiary/aromatic N) is 2. The molecule has 1 N–H and O–H groups in total. The van der Waals surface area contributed by atoms with Crippen molar-refractivity contribution >= 4 is 17.3 Å². The molecule has 0 aliphatic rings. The van der Waals surface area contributed by atoms with Crippen LogP contribution in [-0.4, -0.2) is 23.1 Å². The zero-order chi connectivity index (χ0) is 17.5. The van der Waals surface area contributed by atoms with Gasteiger partial charge in [-0.05, 0) is 31.2 Å². The van der Waals surface area contributed by atoms with Gasteiger partial charge in [0.25, 0.3) is 11.6 Å². The number of hydrogen-bond donors (Lipinski definition) is 1. The van der Waals surface area contributed by atoms with Gasteiger partial charge >= 0.3 is 0 Å². The van der Waals surface area contributed by atoms with Crippen molar-refractivity contribution in [1.29, 1.82) is 0 Å². The topological polar surface area (TPSA) is 93.8 Å². The summed E-state index contributed by atoms with van der Waals surface area (Å²) in [5.74, 6) is -0.556. The van der Waals surface area contributed by atoms with Crippen molar-refractivity contribution in [3.63, 3.8) is 0 Å². The lowest BCUT2D eigenvalue weighted by Crippen LogP contribution is -2.25. The highest BCUT2D eigenvalue weighted by Gasteiger charge is 2.08. The highest BCUT2D eigenvalue weighted by atomic mass is 19.1. The Balaban J connectivity index is 1.91. The molecule has 0 fully saturated rings. The van der Waals surface area contributed by atoms with Crippen molar-refractivity contribution in [2.24, 2.45) is 5.10 Å². The Morgan fingerprint density at radius 3 is 2.67 bits per heavy atom. The largest absolute Gasteiger partial charge is 0.484 e. The molecule has 7 nitrogen and oxygen atoms in total. The van der Waals surface area contributed by atoms with E-state index in [9.17, 15) is 19.3 Å². The summed E-state index contributed by atoms with van der Waals surface area (Å²) in [6.07, 6.45) is 0. The van der Waals surface area contributed by atoms with Crippen molar-refractivity contribution in [2.75, 3.05) is 6.61 Å². The summed E-state index contributed by atoms with van der Waals surface area (Å²) in [5.41, 5.74) is 3.16. The molecular weight excluding hydrogens is 317 g/mol. The molecule has 2 aromatic carbocycles. The summed E-state index contributed by atoms with van der Waals surface area (Å²) in [6.45, 7) is 1.32. The van der Waals surface area contributed by atoms with E-state index in [1.807, 2.05) is 0 Å². The number of ether oxygens (including phenoxy) is 1. The SMILES string of the molecule is C/C(=N/NC(=O)COc1ccc(F)cc1)c1cccc([N+](=O)[O-])c1. The Morgan fingerprint density at radius 2 is 2.00 bits per heavy atom. The number of hydrazone groups is 1. The number of rotatable bonds is 6. The minimum atomic E-state index is -0.510. The molecule has 2 aromatic rings. The Bertz CT molecular complexity index is 775. The fourth-order valence-electron chi connectivity index (χ4n) is 1.77. The van der Waals surface area contributed by atoms with Gasteiger partial charge in [-0.3, -0.25) is 14.9 Å². The van der Waals surface area contributed by atoms with E-state index in [1.165, 1.54) is 42.5 Å². The predicted octanol–water partition coefficient (Wildman–Crippen LogP) is 2.65. The number of non-ortho nitro benzene ring substituents is 1. The van der Waals surface area contributed by atoms with Crippen molar-refractivity contribution in [2.45, 2.75) is 6.92 Å². The highest BCUT2D eigenvalue weighted by molar-refractivity contribution is 5.99. The molecule has 0 aliphatic carbocycles. The van der Waals surface area contributed by atoms with Crippen molar-refractivity contribution in [3.05, 3.63) is 70.0 Å². The first-order chi connectivity index (χ1) is 11.5. The van der Waals surface area contributed by atoms with Crippen LogP contribution >= 0.6 is 0 Å². The minimum Gasteiger partial charge on any atom is -0.484 e. The fourth-order valence-corrected chi connectivity index (χ4v) is 1.77. The number of benzene rings is 2. The van der Waals surface area contributed by atoms with Crippen LogP contribution in [0.1, 0.15) is 12.5 Å². The van der Waals surface area contributed by atoms with E-state index in [1.54, 1.807) is 13.0 Å². The molecule has 0 aliphatic heterocycles. The first-order valence-electron chi connectivity index (χ1n) is 6.92. The summed E-state index contributed by atoms with van der Waals surface area (Å²) in [4.78, 5) is 21.9. The van der Waals surface area contributed by atoms with Gasteiger partial charge in [0.15, 0.2) is 6.61 Å². The van der Waals surface area contributed by atoms with Crippen molar-refractivity contribution in [3.8, 4) is 5.75 Å². The molecule has 2 rings (SSSR count). The van der Waals surface area contributed by atoms with E-state index in [4.69, 9.17) is 4.74 Å². The average Bonchev–Trinajstić information content (AvgIpc) is 2.59. The summed E-state index contributed by atoms with van der Waals surface area (Å²) in [5, 5.41) is 14.6. The summed E-state index contributed by atoms with van der Waals surface area (Å²) >= 11 is 0. The second-order valence-electron chi connectivity index (χ2n) is 4.78. The number of halogens is 1. The van der Waals surface area contributed by atoms with Gasteiger partial charge in [0.1, 0.15) is 11.6 Å². The molecule has 24 heavy (non-hydrogen) atoms. The molecule has 8 heteroatoms. The zero-order valence-corrected chi connectivity index (χ0v) is 12.7. The molecule has 0 saturated heterocycles. The molecular formula is C16H14FN3O4. The maximum atomic E-state index is 12.7. The van der Waals surface area contributed by atoms with Gasteiger partial charge in [-0.15, -0.1) is 0 Å². The van der Waals surface area contributed by atoms with Gasteiger partial charge in [-0.2, -0.15) is 5.10 Å². The average molecular weight is 331 g/mol. The van der Waals surface area contributed by atoms with Crippen LogP contribution in [-0.2, 0) is 4.79 Å². The van der Waals surface area contributed by atoms with Gasteiger partial charge in [0, 0.05) is 17.7 Å². The Kier molecular flexibility index (Phi) is 5.56. The van der Waals surface area contributed by atoms with Gasteiger partial charge in [-0.1, -0.05) is 12.1 Å². The predicted molar refractivity (Wildman–Crippen MR) is 85.3 cm³/mol. The summed E-state index contributed by atoms with van der Waals surface area (Å²) in [7, 11) is 0. The third kappa shape index (κ3) is 4.87. The highest BCUT2D eigenvalue weighted by Crippen LogP contribution is 2.13. The van der Waals surface area contributed by atoms with Crippen LogP contribution in [0.5, 0.6) is 5.75 Å². The van der Waals surface area contributed by atoms with Crippen LogP contribution in [0.2, 0.25) is 0 Å². The number of nitro benzene ring substituents is 1. The molecule has 0 heterocycles. The standard InChI is InChI=1S/C16H14FN3O4/c1-11(12-3-2-4-14(9-12)20(22)23)18-19-16(21)10-24-15-7-5-13(17)6-8-15/h2-9H,10H2,1H3,(H,19,21)/b18-11-. The molecule has 0 aromatic heterocycles. The Morgan fingerprint density at radius 1 is 1.29 bits per heavy atom. The fraction of sp³-hybridized carbons (Fsp3) is 0.125. The van der Waals surface area contributed by atoms with E-state index in [0.29, 0.717) is 17.0 Å². The van der Waals surface area contributed by atoms with Crippen LogP contribution in [0.4, 0.5) is 10.1 Å². The van der Waals surface area contributed by atoms with Gasteiger partial charge < -0.3 is 4.74 Å². The van der Waals surface area contributed by atoms with Crippen LogP contribution in [0, 0.1) is 15.9 Å². The molecule has 0 unspecified atom stereocenters. The lowest BCUT2D eigenvalue weighted by atomic mass is 10.1. The number of amides is 1. The Labute approximate surface area is 136 Å². The maximum absolute atomic E-state index is 12.7. The minimum absolute atomic E-state index is 0.0620. The molecule has 0 radical (unpaired) electrons. The summed E-state index contributed by atoms with van der Waals surface area (Å²) in [6, 6.07) is 11.2. The normalized spacial score (nSPS) is 11.0. The van der Waals surface area contributed by atoms with E-state index < -0.39 is 16.6 Å². The zero-order valence-electron chi connectivity index (χ0n) is 12.7. The lowest BCUT2D eigenvalue weighted by Gasteiger charge is -2.05. The van der Waals surface area contributed by atoms with Crippen molar-refractivity contribution < 1.29 is 18.8 Å². The van der Waals surface area contributed by atoms with E-state index in [0.717, 1.165) is 0 Å². The van der Waals surface area contributed by atoms with Crippen LogP contribution in [0.15, 0.2) is 53.6 Å². The number of nitro groups is 1. The van der Waals surface area contributed by atoms with E-state index >= 15 is 0 Å². The maximum Gasteiger partial charge on any atom is 0.277 e. The van der Waals surface area contributed by atoms with Gasteiger partial charge in [0.2, 0.25) is 0 Å². The number of carbonyl (C=O) groups is 1. The molecule has 0 bridgehead atoms. The second-order valence-corrected chi connectivity index (χ2v) is 4.78. The van der Waals surface area contributed by atoms with Crippen molar-refractivity contribution in [1.82, 2.24) is 5.43 Å². The quantitative estimate of drug-likeness (QED) is 0.500. The van der Waals surface area contributed by atoms with Gasteiger partial charge in [-0.25, -0.2) is 9.82 Å². The van der Waals surface area contributed by atoms with Gasteiger partial charge in [0.05, 0.1) is 10.6 Å². The van der Waals surface area contributed by atoms with E-state index in [-0.39, 0.29) is 12.3 Å². The third-order valence-electron chi connectivity index (χ3n) is 3.01. The second kappa shape index (κ2) is 7.82. The monoisotopic (exact) mass is 331 g/mol. The molecule has 124 valence electrons. The van der Waals surface area contributed by atoms with Crippen LogP contribution < -0.4 is 10.2 Å². The van der Waals surface area contributed by atoms with Crippen LogP contribution in [0.3, 0.4) is 0 Å². The smallest absolute Gasteiger partial charge is 0.277 e. The number of nitrogens with one attached hydrogen (secondary N) is 1. The Hall–Kier alpha value is -3.29. The molecule has 1 amide bonds. The third-order valence-corrected chi connectivity index (χ3v) is 3.01. The first-order valence-corrected chi connectivity index (χ1v) is 6.92. The number of hydrogen-bond acceptors (Lipinski definition) is 5.